The summed E-state index contributed by atoms with van der Waals surface area (Å²) >= 11 is 0. The maximum atomic E-state index is 12.4. The highest BCUT2D eigenvalue weighted by Crippen LogP contribution is 2.22. The third-order valence-electron chi connectivity index (χ3n) is 5.48. The second-order valence-corrected chi connectivity index (χ2v) is 7.48. The molecular formula is C23H30N3O3+. The van der Waals surface area contributed by atoms with Crippen LogP contribution in [0.1, 0.15) is 28.4 Å². The van der Waals surface area contributed by atoms with Crippen LogP contribution in [-0.4, -0.2) is 51.2 Å². The van der Waals surface area contributed by atoms with Crippen molar-refractivity contribution in [2.75, 3.05) is 49.5 Å². The van der Waals surface area contributed by atoms with Gasteiger partial charge in [0.15, 0.2) is 6.54 Å². The number of amides is 1. The zero-order valence-corrected chi connectivity index (χ0v) is 17.5. The van der Waals surface area contributed by atoms with Gasteiger partial charge in [0.1, 0.15) is 0 Å². The number of nitrogens with zero attached hydrogens (tertiary/aromatic N) is 1. The first-order chi connectivity index (χ1) is 14.0. The van der Waals surface area contributed by atoms with E-state index < -0.39 is 0 Å². The SMILES string of the molecule is CCOC(=O)c1ccc(NC(=O)C[NH+]2CCN(c3cccc(C)c3C)CC2)cc1. The van der Waals surface area contributed by atoms with Gasteiger partial charge in [0, 0.05) is 11.4 Å². The maximum absolute atomic E-state index is 12.4. The smallest absolute Gasteiger partial charge is 0.338 e. The van der Waals surface area contributed by atoms with Crippen molar-refractivity contribution in [1.82, 2.24) is 0 Å². The summed E-state index contributed by atoms with van der Waals surface area (Å²) in [4.78, 5) is 27.8. The van der Waals surface area contributed by atoms with Gasteiger partial charge < -0.3 is 19.9 Å². The molecular weight excluding hydrogens is 366 g/mol. The van der Waals surface area contributed by atoms with E-state index in [1.807, 2.05) is 0 Å². The van der Waals surface area contributed by atoms with Crippen molar-refractivity contribution in [3.63, 3.8) is 0 Å². The Morgan fingerprint density at radius 2 is 1.76 bits per heavy atom. The molecule has 0 aliphatic carbocycles. The van der Waals surface area contributed by atoms with Crippen molar-refractivity contribution in [1.29, 1.82) is 0 Å². The van der Waals surface area contributed by atoms with Gasteiger partial charge in [0.25, 0.3) is 5.91 Å². The van der Waals surface area contributed by atoms with Crippen molar-refractivity contribution < 1.29 is 19.2 Å². The van der Waals surface area contributed by atoms with Crippen LogP contribution in [0.25, 0.3) is 0 Å². The Morgan fingerprint density at radius 1 is 1.07 bits per heavy atom. The van der Waals surface area contributed by atoms with Crippen LogP contribution in [0.15, 0.2) is 42.5 Å². The number of piperazine rings is 1. The molecule has 0 unspecified atom stereocenters. The lowest BCUT2D eigenvalue weighted by atomic mass is 10.1. The van der Waals surface area contributed by atoms with Crippen molar-refractivity contribution in [3.8, 4) is 0 Å². The number of quaternary nitrogens is 1. The quantitative estimate of drug-likeness (QED) is 0.732. The minimum Gasteiger partial charge on any atom is -0.462 e. The minimum absolute atomic E-state index is 0.0101. The van der Waals surface area contributed by atoms with E-state index in [1.165, 1.54) is 21.7 Å². The van der Waals surface area contributed by atoms with Crippen LogP contribution >= 0.6 is 0 Å². The number of esters is 1. The summed E-state index contributed by atoms with van der Waals surface area (Å²) in [6, 6.07) is 13.2. The van der Waals surface area contributed by atoms with Gasteiger partial charge in [-0.2, -0.15) is 0 Å². The van der Waals surface area contributed by atoms with Crippen molar-refractivity contribution in [2.45, 2.75) is 20.8 Å². The number of ether oxygens (including phenoxy) is 1. The van der Waals surface area contributed by atoms with Gasteiger partial charge in [-0.05, 0) is 62.2 Å². The Kier molecular flexibility index (Phi) is 6.88. The summed E-state index contributed by atoms with van der Waals surface area (Å²) in [5.41, 5.74) is 5.12. The summed E-state index contributed by atoms with van der Waals surface area (Å²) in [5.74, 6) is -0.361. The van der Waals surface area contributed by atoms with Gasteiger partial charge >= 0.3 is 5.97 Å². The highest BCUT2D eigenvalue weighted by Gasteiger charge is 2.23. The Morgan fingerprint density at radius 3 is 2.41 bits per heavy atom. The Balaban J connectivity index is 1.48. The highest BCUT2D eigenvalue weighted by atomic mass is 16.5. The Labute approximate surface area is 172 Å². The fraction of sp³-hybridized carbons (Fsp3) is 0.391. The third kappa shape index (κ3) is 5.35. The van der Waals surface area contributed by atoms with Crippen LogP contribution in [0, 0.1) is 13.8 Å². The van der Waals surface area contributed by atoms with Gasteiger partial charge in [-0.3, -0.25) is 4.79 Å². The molecule has 2 N–H and O–H groups in total. The maximum Gasteiger partial charge on any atom is 0.338 e. The van der Waals surface area contributed by atoms with Gasteiger partial charge in [0.2, 0.25) is 0 Å². The number of aryl methyl sites for hydroxylation is 1. The van der Waals surface area contributed by atoms with Crippen LogP contribution in [0.3, 0.4) is 0 Å². The average molecular weight is 397 g/mol. The Bertz CT molecular complexity index is 856. The molecule has 0 aromatic heterocycles. The zero-order valence-electron chi connectivity index (χ0n) is 17.5. The standard InChI is InChI=1S/C23H29N3O3/c1-4-29-23(28)19-8-10-20(11-9-19)24-22(27)16-25-12-14-26(15-13-25)21-7-5-6-17(2)18(21)3/h5-11H,4,12-16H2,1-3H3,(H,24,27)/p+1. The monoisotopic (exact) mass is 396 g/mol. The normalized spacial score (nSPS) is 14.5. The molecule has 1 fully saturated rings. The number of benzene rings is 2. The predicted octanol–water partition coefficient (Wildman–Crippen LogP) is 1.82. The summed E-state index contributed by atoms with van der Waals surface area (Å²) < 4.78 is 4.97. The van der Waals surface area contributed by atoms with Gasteiger partial charge in [0.05, 0.1) is 38.3 Å². The molecule has 29 heavy (non-hydrogen) atoms. The topological polar surface area (TPSA) is 63.1 Å². The second-order valence-electron chi connectivity index (χ2n) is 7.48. The van der Waals surface area contributed by atoms with E-state index >= 15 is 0 Å². The molecule has 6 heteroatoms. The van der Waals surface area contributed by atoms with Crippen LogP contribution < -0.4 is 15.1 Å². The fourth-order valence-corrected chi connectivity index (χ4v) is 3.66. The summed E-state index contributed by atoms with van der Waals surface area (Å²) in [6.45, 7) is 10.6. The number of carbonyl (C=O) groups is 2. The molecule has 0 saturated carbocycles. The second kappa shape index (κ2) is 9.56. The Hall–Kier alpha value is -2.86. The molecule has 1 saturated heterocycles. The number of nitrogens with one attached hydrogen (secondary N) is 2. The highest BCUT2D eigenvalue weighted by molar-refractivity contribution is 5.93. The van der Waals surface area contributed by atoms with E-state index in [0.717, 1.165) is 26.2 Å². The number of anilines is 2. The minimum atomic E-state index is -0.350. The van der Waals surface area contributed by atoms with E-state index in [1.54, 1.807) is 31.2 Å². The van der Waals surface area contributed by atoms with Crippen LogP contribution in [0.2, 0.25) is 0 Å². The van der Waals surface area contributed by atoms with Crippen molar-refractivity contribution in [2.24, 2.45) is 0 Å². The molecule has 0 spiro atoms. The lowest BCUT2D eigenvalue weighted by molar-refractivity contribution is -0.892. The molecule has 1 heterocycles. The molecule has 3 rings (SSSR count). The van der Waals surface area contributed by atoms with Crippen molar-refractivity contribution >= 4 is 23.3 Å². The lowest BCUT2D eigenvalue weighted by Gasteiger charge is -2.34. The van der Waals surface area contributed by atoms with Crippen molar-refractivity contribution in [3.05, 3.63) is 59.2 Å². The molecule has 0 radical (unpaired) electrons. The lowest BCUT2D eigenvalue weighted by Crippen LogP contribution is -3.15. The first-order valence-electron chi connectivity index (χ1n) is 10.2. The number of hydrogen-bond donors (Lipinski definition) is 2. The van der Waals surface area contributed by atoms with Gasteiger partial charge in [-0.15, -0.1) is 0 Å². The zero-order chi connectivity index (χ0) is 20.8. The molecule has 1 aliphatic heterocycles. The molecule has 2 aromatic rings. The summed E-state index contributed by atoms with van der Waals surface area (Å²) in [6.07, 6.45) is 0. The van der Waals surface area contributed by atoms with E-state index in [0.29, 0.717) is 24.4 Å². The average Bonchev–Trinajstić information content (AvgIpc) is 2.71. The number of carbonyl (C=O) groups excluding carboxylic acids is 2. The molecule has 6 nitrogen and oxygen atoms in total. The molecule has 1 aliphatic rings. The molecule has 0 atom stereocenters. The van der Waals surface area contributed by atoms with Crippen LogP contribution in [0.5, 0.6) is 0 Å². The van der Waals surface area contributed by atoms with Crippen LogP contribution in [-0.2, 0) is 9.53 Å². The van der Waals surface area contributed by atoms with Crippen LogP contribution in [0.4, 0.5) is 11.4 Å². The van der Waals surface area contributed by atoms with Gasteiger partial charge in [-0.1, -0.05) is 12.1 Å². The molecule has 154 valence electrons. The van der Waals surface area contributed by atoms with Gasteiger partial charge in [-0.25, -0.2) is 4.79 Å². The number of hydrogen-bond acceptors (Lipinski definition) is 4. The summed E-state index contributed by atoms with van der Waals surface area (Å²) in [5, 5.41) is 2.92. The first-order valence-corrected chi connectivity index (χ1v) is 10.2. The predicted molar refractivity (Wildman–Crippen MR) is 115 cm³/mol. The molecule has 1 amide bonds. The van der Waals surface area contributed by atoms with E-state index in [2.05, 4.69) is 42.3 Å². The molecule has 0 bridgehead atoms. The van der Waals surface area contributed by atoms with E-state index in [4.69, 9.17) is 4.74 Å². The molecule has 2 aromatic carbocycles. The summed E-state index contributed by atoms with van der Waals surface area (Å²) in [7, 11) is 0. The van der Waals surface area contributed by atoms with E-state index in [-0.39, 0.29) is 11.9 Å². The first kappa shape index (κ1) is 20.9. The van der Waals surface area contributed by atoms with E-state index in [9.17, 15) is 9.59 Å². The number of rotatable bonds is 6. The third-order valence-corrected chi connectivity index (χ3v) is 5.48. The largest absolute Gasteiger partial charge is 0.462 e. The fourth-order valence-electron chi connectivity index (χ4n) is 3.66.